The number of benzene rings is 1. The summed E-state index contributed by atoms with van der Waals surface area (Å²) in [6.45, 7) is 0. The summed E-state index contributed by atoms with van der Waals surface area (Å²) in [4.78, 5) is 0. The number of hydrogen-bond donors (Lipinski definition) is 1. The van der Waals surface area contributed by atoms with Crippen LogP contribution in [0.25, 0.3) is 0 Å². The van der Waals surface area contributed by atoms with Gasteiger partial charge in [-0.1, -0.05) is 0 Å². The Bertz CT molecular complexity index is 488. The molecule has 0 aromatic heterocycles. The predicted molar refractivity (Wildman–Crippen MR) is 77.4 cm³/mol. The second-order valence-corrected chi connectivity index (χ2v) is 6.95. The third-order valence-corrected chi connectivity index (χ3v) is 5.71. The molecule has 1 N–H and O–H groups in total. The molecule has 1 aromatic rings. The summed E-state index contributed by atoms with van der Waals surface area (Å²) in [6, 6.07) is 5.36. The highest BCUT2D eigenvalue weighted by Crippen LogP contribution is 2.54. The molecule has 3 heteroatoms. The minimum atomic E-state index is -0.238. The van der Waals surface area contributed by atoms with E-state index in [-0.39, 0.29) is 5.82 Å². The van der Waals surface area contributed by atoms with Crippen molar-refractivity contribution >= 4 is 5.69 Å². The molecule has 0 atom stereocenters. The number of halogens is 1. The van der Waals surface area contributed by atoms with Gasteiger partial charge in [0.05, 0.1) is 12.8 Å². The highest BCUT2D eigenvalue weighted by atomic mass is 19.1. The molecule has 0 radical (unpaired) electrons. The van der Waals surface area contributed by atoms with Crippen LogP contribution >= 0.6 is 0 Å². The molecule has 4 bridgehead atoms. The molecule has 0 spiro atoms. The van der Waals surface area contributed by atoms with Crippen molar-refractivity contribution in [1.82, 2.24) is 0 Å². The molecule has 20 heavy (non-hydrogen) atoms. The van der Waals surface area contributed by atoms with Crippen LogP contribution in [-0.2, 0) is 0 Å². The molecule has 0 unspecified atom stereocenters. The number of hydrogen-bond acceptors (Lipinski definition) is 2. The van der Waals surface area contributed by atoms with Crippen molar-refractivity contribution in [2.24, 2.45) is 23.7 Å². The van der Waals surface area contributed by atoms with Crippen LogP contribution in [0.15, 0.2) is 18.2 Å². The van der Waals surface area contributed by atoms with Crippen LogP contribution in [0.5, 0.6) is 5.75 Å². The van der Waals surface area contributed by atoms with Gasteiger partial charge in [-0.05, 0) is 67.9 Å². The SMILES string of the molecule is COc1cc(F)ccc1NC1C2CC3CC(C2)CC1C3. The van der Waals surface area contributed by atoms with Crippen molar-refractivity contribution in [1.29, 1.82) is 0 Å². The zero-order chi connectivity index (χ0) is 13.7. The first-order valence-corrected chi connectivity index (χ1v) is 7.83. The van der Waals surface area contributed by atoms with Gasteiger partial charge in [0.2, 0.25) is 0 Å². The minimum Gasteiger partial charge on any atom is -0.494 e. The van der Waals surface area contributed by atoms with Gasteiger partial charge in [-0.25, -0.2) is 4.39 Å². The quantitative estimate of drug-likeness (QED) is 0.897. The van der Waals surface area contributed by atoms with Crippen molar-refractivity contribution in [2.45, 2.75) is 38.1 Å². The number of anilines is 1. The zero-order valence-electron chi connectivity index (χ0n) is 11.9. The molecular formula is C17H22FNO. The van der Waals surface area contributed by atoms with Crippen molar-refractivity contribution in [3.05, 3.63) is 24.0 Å². The largest absolute Gasteiger partial charge is 0.494 e. The van der Waals surface area contributed by atoms with Crippen molar-refractivity contribution in [2.75, 3.05) is 12.4 Å². The zero-order valence-corrected chi connectivity index (χ0v) is 11.9. The molecule has 0 amide bonds. The topological polar surface area (TPSA) is 21.3 Å². The summed E-state index contributed by atoms with van der Waals surface area (Å²) in [5.74, 6) is 3.95. The van der Waals surface area contributed by atoms with E-state index in [4.69, 9.17) is 4.74 Å². The van der Waals surface area contributed by atoms with Gasteiger partial charge in [0.1, 0.15) is 11.6 Å². The van der Waals surface area contributed by atoms with E-state index in [9.17, 15) is 4.39 Å². The molecule has 0 saturated heterocycles. The van der Waals surface area contributed by atoms with Crippen LogP contribution in [0.4, 0.5) is 10.1 Å². The van der Waals surface area contributed by atoms with Crippen LogP contribution in [0.1, 0.15) is 32.1 Å². The smallest absolute Gasteiger partial charge is 0.144 e. The summed E-state index contributed by atoms with van der Waals surface area (Å²) >= 11 is 0. The maximum absolute atomic E-state index is 13.3. The molecule has 4 aliphatic carbocycles. The van der Waals surface area contributed by atoms with Crippen LogP contribution in [0.3, 0.4) is 0 Å². The predicted octanol–water partition coefficient (Wildman–Crippen LogP) is 4.07. The number of ether oxygens (including phenoxy) is 1. The summed E-state index contributed by atoms with van der Waals surface area (Å²) in [7, 11) is 1.61. The molecular weight excluding hydrogens is 253 g/mol. The average Bonchev–Trinajstić information content (AvgIpc) is 2.43. The average molecular weight is 275 g/mol. The minimum absolute atomic E-state index is 0.238. The highest BCUT2D eigenvalue weighted by Gasteiger charge is 2.48. The van der Waals surface area contributed by atoms with Crippen molar-refractivity contribution in [3.63, 3.8) is 0 Å². The van der Waals surface area contributed by atoms with Gasteiger partial charge in [-0.3, -0.25) is 0 Å². The van der Waals surface area contributed by atoms with E-state index >= 15 is 0 Å². The first-order valence-electron chi connectivity index (χ1n) is 7.83. The van der Waals surface area contributed by atoms with E-state index in [1.807, 2.05) is 6.07 Å². The van der Waals surface area contributed by atoms with Crippen molar-refractivity contribution in [3.8, 4) is 5.75 Å². The normalized spacial score (nSPS) is 38.0. The van der Waals surface area contributed by atoms with Crippen molar-refractivity contribution < 1.29 is 9.13 Å². The Labute approximate surface area is 119 Å². The van der Waals surface area contributed by atoms with Crippen LogP contribution in [-0.4, -0.2) is 13.2 Å². The van der Waals surface area contributed by atoms with Crippen LogP contribution < -0.4 is 10.1 Å². The number of methoxy groups -OCH3 is 1. The third kappa shape index (κ3) is 1.99. The monoisotopic (exact) mass is 275 g/mol. The van der Waals surface area contributed by atoms with Gasteiger partial charge in [0.25, 0.3) is 0 Å². The Balaban J connectivity index is 1.57. The van der Waals surface area contributed by atoms with Gasteiger partial charge >= 0.3 is 0 Å². The van der Waals surface area contributed by atoms with Crippen LogP contribution in [0, 0.1) is 29.5 Å². The summed E-state index contributed by atoms with van der Waals surface area (Å²) < 4.78 is 18.6. The molecule has 0 aliphatic heterocycles. The Morgan fingerprint density at radius 1 is 1.05 bits per heavy atom. The Morgan fingerprint density at radius 2 is 1.70 bits per heavy atom. The van der Waals surface area contributed by atoms with E-state index in [0.29, 0.717) is 11.8 Å². The first-order chi connectivity index (χ1) is 9.72. The lowest BCUT2D eigenvalue weighted by atomic mass is 9.54. The fourth-order valence-electron chi connectivity index (χ4n) is 5.12. The summed E-state index contributed by atoms with van der Waals surface area (Å²) in [5, 5.41) is 3.68. The number of nitrogens with one attached hydrogen (secondary N) is 1. The first kappa shape index (κ1) is 12.5. The molecule has 4 aliphatic rings. The Kier molecular flexibility index (Phi) is 2.90. The highest BCUT2D eigenvalue weighted by molar-refractivity contribution is 5.57. The lowest BCUT2D eigenvalue weighted by Gasteiger charge is -2.54. The Morgan fingerprint density at radius 3 is 2.30 bits per heavy atom. The van der Waals surface area contributed by atoms with E-state index in [1.54, 1.807) is 7.11 Å². The lowest BCUT2D eigenvalue weighted by Crippen LogP contribution is -2.51. The lowest BCUT2D eigenvalue weighted by molar-refractivity contribution is 0.00748. The molecule has 0 heterocycles. The van der Waals surface area contributed by atoms with E-state index in [1.165, 1.54) is 44.2 Å². The molecule has 4 saturated carbocycles. The summed E-state index contributed by atoms with van der Waals surface area (Å²) in [5.41, 5.74) is 0.950. The van der Waals surface area contributed by atoms with E-state index < -0.39 is 0 Å². The van der Waals surface area contributed by atoms with Gasteiger partial charge in [-0.2, -0.15) is 0 Å². The van der Waals surface area contributed by atoms with E-state index in [0.717, 1.165) is 29.4 Å². The third-order valence-electron chi connectivity index (χ3n) is 5.71. The fraction of sp³-hybridized carbons (Fsp3) is 0.647. The van der Waals surface area contributed by atoms with Gasteiger partial charge < -0.3 is 10.1 Å². The second kappa shape index (κ2) is 4.64. The van der Waals surface area contributed by atoms with Gasteiger partial charge in [0, 0.05) is 12.1 Å². The van der Waals surface area contributed by atoms with E-state index in [2.05, 4.69) is 5.32 Å². The maximum atomic E-state index is 13.3. The molecule has 1 aromatic carbocycles. The maximum Gasteiger partial charge on any atom is 0.144 e. The second-order valence-electron chi connectivity index (χ2n) is 6.95. The molecule has 5 rings (SSSR count). The fourth-order valence-corrected chi connectivity index (χ4v) is 5.12. The number of rotatable bonds is 3. The van der Waals surface area contributed by atoms with Crippen LogP contribution in [0.2, 0.25) is 0 Å². The standard InChI is InChI=1S/C17H22FNO/c1-20-16-9-14(18)2-3-15(16)19-17-12-5-10-4-11(7-12)8-13(17)6-10/h2-3,9-13,17,19H,4-8H2,1H3. The Hall–Kier alpha value is -1.25. The van der Waals surface area contributed by atoms with Gasteiger partial charge in [0.15, 0.2) is 0 Å². The van der Waals surface area contributed by atoms with Gasteiger partial charge in [-0.15, -0.1) is 0 Å². The summed E-state index contributed by atoms with van der Waals surface area (Å²) in [6.07, 6.45) is 7.00. The molecule has 2 nitrogen and oxygen atoms in total. The molecule has 108 valence electrons. The molecule has 4 fully saturated rings.